The van der Waals surface area contributed by atoms with Crippen LogP contribution in [0.15, 0.2) is 16.5 Å². The summed E-state index contributed by atoms with van der Waals surface area (Å²) in [4.78, 5) is 21.4. The molecule has 0 aromatic carbocycles. The van der Waals surface area contributed by atoms with Gasteiger partial charge in [-0.25, -0.2) is 0 Å². The van der Waals surface area contributed by atoms with Crippen molar-refractivity contribution in [1.29, 1.82) is 0 Å². The Hall–Kier alpha value is -1.56. The topological polar surface area (TPSA) is 85.4 Å². The van der Waals surface area contributed by atoms with Gasteiger partial charge in [-0.15, -0.1) is 11.6 Å². The lowest BCUT2D eigenvalue weighted by Crippen LogP contribution is -2.30. The number of halogens is 1. The molecular weight excluding hydrogens is 260 g/mol. The molecule has 1 fully saturated rings. The maximum atomic E-state index is 11.7. The fourth-order valence-corrected chi connectivity index (χ4v) is 2.20. The molecular formula is C11H13ClN2O4. The van der Waals surface area contributed by atoms with Gasteiger partial charge in [0.25, 0.3) is 5.91 Å². The van der Waals surface area contributed by atoms with E-state index in [-0.39, 0.29) is 11.2 Å². The van der Waals surface area contributed by atoms with Crippen molar-refractivity contribution in [2.45, 2.75) is 19.3 Å². The van der Waals surface area contributed by atoms with Crippen LogP contribution in [-0.2, 0) is 0 Å². The summed E-state index contributed by atoms with van der Waals surface area (Å²) in [6.45, 7) is 0.535. The minimum absolute atomic E-state index is 0.0385. The molecule has 1 amide bonds. The number of hydrogen-bond acceptors (Lipinski definition) is 4. The Bertz CT molecular complexity index is 467. The first-order chi connectivity index (χ1) is 8.56. The molecule has 2 rings (SSSR count). The zero-order valence-corrected chi connectivity index (χ0v) is 10.4. The second-order valence-electron chi connectivity index (χ2n) is 4.52. The number of nitrogens with one attached hydrogen (secondary N) is 1. The lowest BCUT2D eigenvalue weighted by atomic mass is 10.0. The van der Waals surface area contributed by atoms with Gasteiger partial charge in [0.2, 0.25) is 0 Å². The predicted molar refractivity (Wildman–Crippen MR) is 64.7 cm³/mol. The van der Waals surface area contributed by atoms with Gasteiger partial charge in [0.15, 0.2) is 5.76 Å². The smallest absolute Gasteiger partial charge is 0.395 e. The fourth-order valence-electron chi connectivity index (χ4n) is 1.80. The van der Waals surface area contributed by atoms with Gasteiger partial charge < -0.3 is 9.73 Å². The summed E-state index contributed by atoms with van der Waals surface area (Å²) in [6.07, 6.45) is 2.98. The lowest BCUT2D eigenvalue weighted by Gasteiger charge is -2.13. The molecule has 0 radical (unpaired) electrons. The highest BCUT2D eigenvalue weighted by Crippen LogP contribution is 2.48. The van der Waals surface area contributed by atoms with Gasteiger partial charge in [-0.05, 0) is 30.7 Å². The lowest BCUT2D eigenvalue weighted by molar-refractivity contribution is -0.402. The van der Waals surface area contributed by atoms with Crippen LogP contribution in [0.2, 0.25) is 0 Å². The van der Waals surface area contributed by atoms with Crippen LogP contribution in [0.1, 0.15) is 29.8 Å². The normalized spacial score (nSPS) is 16.3. The van der Waals surface area contributed by atoms with E-state index in [4.69, 9.17) is 16.0 Å². The van der Waals surface area contributed by atoms with Gasteiger partial charge >= 0.3 is 5.88 Å². The van der Waals surface area contributed by atoms with E-state index in [0.717, 1.165) is 19.3 Å². The highest BCUT2D eigenvalue weighted by atomic mass is 35.5. The quantitative estimate of drug-likeness (QED) is 0.489. The summed E-state index contributed by atoms with van der Waals surface area (Å²) < 4.78 is 4.82. The van der Waals surface area contributed by atoms with E-state index in [1.165, 1.54) is 12.1 Å². The molecule has 1 aromatic heterocycles. The maximum Gasteiger partial charge on any atom is 0.433 e. The molecule has 1 saturated carbocycles. The average molecular weight is 273 g/mol. The number of rotatable bonds is 6. The van der Waals surface area contributed by atoms with Crippen molar-refractivity contribution in [3.05, 3.63) is 28.0 Å². The van der Waals surface area contributed by atoms with Crippen LogP contribution in [0.25, 0.3) is 0 Å². The summed E-state index contributed by atoms with van der Waals surface area (Å²) in [5.74, 6) is -0.323. The molecule has 1 aromatic rings. The first kappa shape index (κ1) is 12.9. The highest BCUT2D eigenvalue weighted by molar-refractivity contribution is 6.17. The molecule has 0 bridgehead atoms. The molecule has 1 heterocycles. The maximum absolute atomic E-state index is 11.7. The molecule has 1 N–H and O–H groups in total. The molecule has 0 atom stereocenters. The number of furan rings is 1. The second-order valence-corrected chi connectivity index (χ2v) is 4.89. The summed E-state index contributed by atoms with van der Waals surface area (Å²) in [7, 11) is 0. The first-order valence-electron chi connectivity index (χ1n) is 5.65. The van der Waals surface area contributed by atoms with Crippen molar-refractivity contribution in [3.63, 3.8) is 0 Å². The van der Waals surface area contributed by atoms with E-state index in [1.54, 1.807) is 0 Å². The van der Waals surface area contributed by atoms with Gasteiger partial charge in [0.1, 0.15) is 4.92 Å². The van der Waals surface area contributed by atoms with Crippen LogP contribution in [0.5, 0.6) is 0 Å². The molecule has 0 unspecified atom stereocenters. The van der Waals surface area contributed by atoms with Crippen molar-refractivity contribution in [2.24, 2.45) is 5.41 Å². The van der Waals surface area contributed by atoms with Crippen molar-refractivity contribution in [2.75, 3.05) is 12.4 Å². The summed E-state index contributed by atoms with van der Waals surface area (Å²) in [5, 5.41) is 13.1. The number of hydrogen-bond donors (Lipinski definition) is 1. The van der Waals surface area contributed by atoms with Crippen molar-refractivity contribution < 1.29 is 14.1 Å². The van der Waals surface area contributed by atoms with Crippen molar-refractivity contribution in [1.82, 2.24) is 5.32 Å². The van der Waals surface area contributed by atoms with Crippen LogP contribution in [0.3, 0.4) is 0 Å². The number of nitro groups is 1. The van der Waals surface area contributed by atoms with E-state index in [2.05, 4.69) is 5.32 Å². The number of alkyl halides is 1. The summed E-state index contributed by atoms with van der Waals surface area (Å²) >= 11 is 5.69. The average Bonchev–Trinajstić information content (AvgIpc) is 2.92. The van der Waals surface area contributed by atoms with E-state index in [1.807, 2.05) is 0 Å². The molecule has 18 heavy (non-hydrogen) atoms. The molecule has 1 aliphatic rings. The molecule has 0 spiro atoms. The Kier molecular flexibility index (Phi) is 3.56. The molecule has 7 heteroatoms. The molecule has 1 aliphatic carbocycles. The third-order valence-electron chi connectivity index (χ3n) is 3.20. The number of amides is 1. The van der Waals surface area contributed by atoms with Crippen LogP contribution in [0.4, 0.5) is 5.88 Å². The van der Waals surface area contributed by atoms with Gasteiger partial charge in [0.05, 0.1) is 6.07 Å². The number of carbonyl (C=O) groups is 1. The molecule has 6 nitrogen and oxygen atoms in total. The SMILES string of the molecule is O=C(NCC1(CCCl)CC1)c1ccc([N+](=O)[O-])o1. The van der Waals surface area contributed by atoms with Crippen LogP contribution in [-0.4, -0.2) is 23.3 Å². The Morgan fingerprint density at radius 2 is 2.28 bits per heavy atom. The van der Waals surface area contributed by atoms with Crippen LogP contribution in [0, 0.1) is 15.5 Å². The standard InChI is InChI=1S/C11H13ClN2O4/c12-6-5-11(3-4-11)7-13-10(15)8-1-2-9(18-8)14(16)17/h1-2H,3-7H2,(H,13,15). The van der Waals surface area contributed by atoms with Gasteiger partial charge in [-0.1, -0.05) is 0 Å². The molecule has 0 aliphatic heterocycles. The molecule has 0 saturated heterocycles. The largest absolute Gasteiger partial charge is 0.433 e. The molecule has 98 valence electrons. The minimum Gasteiger partial charge on any atom is -0.395 e. The zero-order valence-electron chi connectivity index (χ0n) is 9.65. The van der Waals surface area contributed by atoms with E-state index in [9.17, 15) is 14.9 Å². The summed E-state index contributed by atoms with van der Waals surface area (Å²) in [6, 6.07) is 2.47. The third-order valence-corrected chi connectivity index (χ3v) is 3.39. The zero-order chi connectivity index (χ0) is 13.2. The van der Waals surface area contributed by atoms with Crippen LogP contribution < -0.4 is 5.32 Å². The second kappa shape index (κ2) is 4.97. The van der Waals surface area contributed by atoms with Crippen molar-refractivity contribution >= 4 is 23.4 Å². The Balaban J connectivity index is 1.89. The summed E-state index contributed by atoms with van der Waals surface area (Å²) in [5.41, 5.74) is 0.121. The van der Waals surface area contributed by atoms with Gasteiger partial charge in [-0.3, -0.25) is 14.9 Å². The number of carbonyl (C=O) groups excluding carboxylic acids is 1. The van der Waals surface area contributed by atoms with Gasteiger partial charge in [0, 0.05) is 12.4 Å². The monoisotopic (exact) mass is 272 g/mol. The van der Waals surface area contributed by atoms with E-state index < -0.39 is 16.7 Å². The van der Waals surface area contributed by atoms with Crippen molar-refractivity contribution in [3.8, 4) is 0 Å². The highest BCUT2D eigenvalue weighted by Gasteiger charge is 2.42. The van der Waals surface area contributed by atoms with Crippen LogP contribution >= 0.6 is 11.6 Å². The van der Waals surface area contributed by atoms with E-state index >= 15 is 0 Å². The third kappa shape index (κ3) is 2.81. The number of nitrogens with zero attached hydrogens (tertiary/aromatic N) is 1. The van der Waals surface area contributed by atoms with Gasteiger partial charge in [-0.2, -0.15) is 0 Å². The van der Waals surface area contributed by atoms with E-state index in [0.29, 0.717) is 12.4 Å². The first-order valence-corrected chi connectivity index (χ1v) is 6.18. The Labute approximate surface area is 108 Å². The fraction of sp³-hybridized carbons (Fsp3) is 0.545. The minimum atomic E-state index is -0.674. The predicted octanol–water partition coefficient (Wildman–Crippen LogP) is 2.33. The Morgan fingerprint density at radius 3 is 2.78 bits per heavy atom. The Morgan fingerprint density at radius 1 is 1.56 bits per heavy atom.